The number of amides is 1. The van der Waals surface area contributed by atoms with Gasteiger partial charge in [-0.2, -0.15) is 0 Å². The minimum absolute atomic E-state index is 0.0530. The monoisotopic (exact) mass is 496 g/mol. The van der Waals surface area contributed by atoms with Gasteiger partial charge in [0.1, 0.15) is 5.82 Å². The molecule has 5 rings (SSSR count). The molecule has 1 aliphatic rings. The van der Waals surface area contributed by atoms with Crippen molar-refractivity contribution < 1.29 is 4.79 Å². The molecular weight excluding hydrogens is 468 g/mol. The van der Waals surface area contributed by atoms with Gasteiger partial charge in [-0.05, 0) is 73.6 Å². The Hall–Kier alpha value is -4.04. The van der Waals surface area contributed by atoms with Crippen molar-refractivity contribution in [3.8, 4) is 5.82 Å². The number of aromatic nitrogens is 3. The fourth-order valence-electron chi connectivity index (χ4n) is 4.56. The van der Waals surface area contributed by atoms with Gasteiger partial charge in [0.2, 0.25) is 5.91 Å². The SMILES string of the molecule is Cc1ccc(-n2cccc2[C@@H]2[C@H](c3ccccn3)NC(=S)N2CCC(=O)Nc2ccccc2C)nc1. The molecule has 36 heavy (non-hydrogen) atoms. The summed E-state index contributed by atoms with van der Waals surface area (Å²) in [6.45, 7) is 4.47. The molecule has 7 nitrogen and oxygen atoms in total. The Labute approximate surface area is 216 Å². The molecule has 4 heterocycles. The molecule has 0 unspecified atom stereocenters. The molecule has 182 valence electrons. The summed E-state index contributed by atoms with van der Waals surface area (Å²) in [5, 5.41) is 7.09. The van der Waals surface area contributed by atoms with E-state index < -0.39 is 0 Å². The van der Waals surface area contributed by atoms with Gasteiger partial charge in [0.15, 0.2) is 5.11 Å². The van der Waals surface area contributed by atoms with E-state index in [0.29, 0.717) is 18.1 Å². The Morgan fingerprint density at radius 1 is 1.03 bits per heavy atom. The molecule has 1 amide bonds. The van der Waals surface area contributed by atoms with Gasteiger partial charge in [-0.3, -0.25) is 9.78 Å². The van der Waals surface area contributed by atoms with Crippen LogP contribution in [0.2, 0.25) is 0 Å². The van der Waals surface area contributed by atoms with Crippen molar-refractivity contribution in [3.63, 3.8) is 0 Å². The number of nitrogens with zero attached hydrogens (tertiary/aromatic N) is 4. The van der Waals surface area contributed by atoms with Crippen molar-refractivity contribution in [2.45, 2.75) is 32.4 Å². The van der Waals surface area contributed by atoms with Gasteiger partial charge in [0.05, 0.1) is 17.8 Å². The third-order valence-electron chi connectivity index (χ3n) is 6.42. The molecular formula is C28H28N6OS. The van der Waals surface area contributed by atoms with E-state index in [9.17, 15) is 4.79 Å². The second kappa shape index (κ2) is 10.3. The van der Waals surface area contributed by atoms with Crippen LogP contribution in [0.1, 0.15) is 41.0 Å². The number of anilines is 1. The average Bonchev–Trinajstić information content (AvgIpc) is 3.49. The van der Waals surface area contributed by atoms with Crippen LogP contribution >= 0.6 is 12.2 Å². The number of pyridine rings is 2. The molecule has 1 fully saturated rings. The molecule has 1 saturated heterocycles. The maximum atomic E-state index is 12.9. The highest BCUT2D eigenvalue weighted by Gasteiger charge is 2.41. The largest absolute Gasteiger partial charge is 0.352 e. The zero-order chi connectivity index (χ0) is 25.1. The number of para-hydroxylation sites is 1. The number of aryl methyl sites for hydroxylation is 2. The fourth-order valence-corrected chi connectivity index (χ4v) is 4.89. The summed E-state index contributed by atoms with van der Waals surface area (Å²) < 4.78 is 2.08. The zero-order valence-electron chi connectivity index (χ0n) is 20.3. The van der Waals surface area contributed by atoms with E-state index >= 15 is 0 Å². The Balaban J connectivity index is 1.44. The Bertz CT molecular complexity index is 1370. The first-order valence-corrected chi connectivity index (χ1v) is 12.4. The molecule has 1 aromatic carbocycles. The van der Waals surface area contributed by atoms with E-state index in [1.807, 2.05) is 86.9 Å². The fraction of sp³-hybridized carbons (Fsp3) is 0.214. The molecule has 3 aromatic heterocycles. The molecule has 0 bridgehead atoms. The molecule has 2 N–H and O–H groups in total. The van der Waals surface area contributed by atoms with Crippen molar-refractivity contribution in [2.75, 3.05) is 11.9 Å². The number of hydrogen-bond donors (Lipinski definition) is 2. The number of carbonyl (C=O) groups is 1. The lowest BCUT2D eigenvalue weighted by molar-refractivity contribution is -0.116. The summed E-state index contributed by atoms with van der Waals surface area (Å²) in [5.74, 6) is 0.776. The maximum Gasteiger partial charge on any atom is 0.226 e. The summed E-state index contributed by atoms with van der Waals surface area (Å²) >= 11 is 5.78. The lowest BCUT2D eigenvalue weighted by Crippen LogP contribution is -2.33. The van der Waals surface area contributed by atoms with Crippen LogP contribution in [-0.4, -0.2) is 37.0 Å². The van der Waals surface area contributed by atoms with Crippen molar-refractivity contribution in [1.82, 2.24) is 24.8 Å². The van der Waals surface area contributed by atoms with Crippen LogP contribution in [0, 0.1) is 13.8 Å². The van der Waals surface area contributed by atoms with Crippen LogP contribution in [0.15, 0.2) is 85.3 Å². The first-order valence-electron chi connectivity index (χ1n) is 11.9. The van der Waals surface area contributed by atoms with E-state index in [-0.39, 0.29) is 18.0 Å². The van der Waals surface area contributed by atoms with Gasteiger partial charge in [-0.25, -0.2) is 4.98 Å². The molecule has 0 spiro atoms. The van der Waals surface area contributed by atoms with Crippen LogP contribution in [0.4, 0.5) is 5.69 Å². The summed E-state index contributed by atoms with van der Waals surface area (Å²) in [5.41, 5.74) is 4.87. The molecule has 1 aliphatic heterocycles. The van der Waals surface area contributed by atoms with Crippen LogP contribution in [-0.2, 0) is 4.79 Å². The smallest absolute Gasteiger partial charge is 0.226 e. The van der Waals surface area contributed by atoms with Crippen molar-refractivity contribution in [2.24, 2.45) is 0 Å². The third-order valence-corrected chi connectivity index (χ3v) is 6.77. The molecule has 8 heteroatoms. The van der Waals surface area contributed by atoms with E-state index in [2.05, 4.69) is 36.1 Å². The quantitative estimate of drug-likeness (QED) is 0.355. The van der Waals surface area contributed by atoms with E-state index in [1.54, 1.807) is 6.20 Å². The van der Waals surface area contributed by atoms with Crippen LogP contribution in [0.3, 0.4) is 0 Å². The van der Waals surface area contributed by atoms with Crippen LogP contribution in [0.25, 0.3) is 5.82 Å². The Morgan fingerprint density at radius 3 is 2.61 bits per heavy atom. The minimum atomic E-state index is -0.170. The molecule has 2 atom stereocenters. The van der Waals surface area contributed by atoms with Gasteiger partial charge >= 0.3 is 0 Å². The van der Waals surface area contributed by atoms with Gasteiger partial charge in [-0.1, -0.05) is 30.3 Å². The van der Waals surface area contributed by atoms with Crippen LogP contribution < -0.4 is 10.6 Å². The highest BCUT2D eigenvalue weighted by atomic mass is 32.1. The van der Waals surface area contributed by atoms with Crippen LogP contribution in [0.5, 0.6) is 0 Å². The second-order valence-corrected chi connectivity index (χ2v) is 9.32. The second-order valence-electron chi connectivity index (χ2n) is 8.93. The van der Waals surface area contributed by atoms with Crippen molar-refractivity contribution in [1.29, 1.82) is 0 Å². The van der Waals surface area contributed by atoms with Gasteiger partial charge in [0.25, 0.3) is 0 Å². The predicted octanol–water partition coefficient (Wildman–Crippen LogP) is 4.89. The first kappa shape index (κ1) is 23.7. The average molecular weight is 497 g/mol. The Kier molecular flexibility index (Phi) is 6.77. The topological polar surface area (TPSA) is 75.1 Å². The standard InChI is InChI=1S/C28H28N6OS/c1-19-12-13-24(30-18-19)33-16-7-11-23(33)27-26(22-10-5-6-15-29-22)32-28(36)34(27)17-14-25(35)31-21-9-4-3-8-20(21)2/h3-13,15-16,18,26-27H,14,17H2,1-2H3,(H,31,35)(H,32,36)/t26-,27+/m0/s1. The zero-order valence-corrected chi connectivity index (χ0v) is 21.1. The number of carbonyl (C=O) groups excluding carboxylic acids is 1. The van der Waals surface area contributed by atoms with Crippen molar-refractivity contribution >= 4 is 28.9 Å². The Morgan fingerprint density at radius 2 is 1.86 bits per heavy atom. The number of hydrogen-bond acceptors (Lipinski definition) is 4. The predicted molar refractivity (Wildman–Crippen MR) is 145 cm³/mol. The molecule has 0 saturated carbocycles. The van der Waals surface area contributed by atoms with Gasteiger partial charge in [0, 0.05) is 42.9 Å². The lowest BCUT2D eigenvalue weighted by Gasteiger charge is -2.28. The van der Waals surface area contributed by atoms with Gasteiger partial charge in [-0.15, -0.1) is 0 Å². The number of rotatable bonds is 7. The molecule has 4 aromatic rings. The number of thiocarbonyl (C=S) groups is 1. The number of benzene rings is 1. The molecule has 0 radical (unpaired) electrons. The summed E-state index contributed by atoms with van der Waals surface area (Å²) in [6.07, 6.45) is 5.95. The molecule has 0 aliphatic carbocycles. The highest BCUT2D eigenvalue weighted by Crippen LogP contribution is 2.39. The summed E-state index contributed by atoms with van der Waals surface area (Å²) in [4.78, 5) is 24.2. The lowest BCUT2D eigenvalue weighted by atomic mass is 10.0. The first-order chi connectivity index (χ1) is 17.5. The van der Waals surface area contributed by atoms with Gasteiger partial charge < -0.3 is 20.1 Å². The van der Waals surface area contributed by atoms with E-state index in [1.165, 1.54) is 0 Å². The normalized spacial score (nSPS) is 17.2. The number of nitrogens with one attached hydrogen (secondary N) is 2. The summed E-state index contributed by atoms with van der Waals surface area (Å²) in [6, 6.07) is 21.5. The van der Waals surface area contributed by atoms with Crippen molar-refractivity contribution in [3.05, 3.63) is 108 Å². The maximum absolute atomic E-state index is 12.9. The third kappa shape index (κ3) is 4.85. The van der Waals surface area contributed by atoms with E-state index in [4.69, 9.17) is 12.2 Å². The van der Waals surface area contributed by atoms with E-state index in [0.717, 1.165) is 34.0 Å². The summed E-state index contributed by atoms with van der Waals surface area (Å²) in [7, 11) is 0. The minimum Gasteiger partial charge on any atom is -0.352 e. The highest BCUT2D eigenvalue weighted by molar-refractivity contribution is 7.80.